The quantitative estimate of drug-likeness (QED) is 0.650. The molecule has 0 bridgehead atoms. The van der Waals surface area contributed by atoms with Crippen LogP contribution in [0.3, 0.4) is 0 Å². The molecule has 0 atom stereocenters. The highest BCUT2D eigenvalue weighted by Crippen LogP contribution is 2.02. The van der Waals surface area contributed by atoms with Gasteiger partial charge < -0.3 is 10.6 Å². The van der Waals surface area contributed by atoms with Crippen LogP contribution in [0.5, 0.6) is 0 Å². The summed E-state index contributed by atoms with van der Waals surface area (Å²) in [5.41, 5.74) is 1.14. The van der Waals surface area contributed by atoms with Gasteiger partial charge in [-0.05, 0) is 31.6 Å². The Morgan fingerprint density at radius 1 is 1.23 bits per heavy atom. The second kappa shape index (κ2) is 6.43. The predicted molar refractivity (Wildman–Crippen MR) is 55.9 cm³/mol. The first-order valence-electron chi connectivity index (χ1n) is 4.78. The molecule has 0 spiro atoms. The number of hydrogen-bond acceptors (Lipinski definition) is 3. The third-order valence-electron chi connectivity index (χ3n) is 1.79. The van der Waals surface area contributed by atoms with Crippen LogP contribution < -0.4 is 10.6 Å². The van der Waals surface area contributed by atoms with Crippen molar-refractivity contribution in [1.29, 1.82) is 0 Å². The van der Waals surface area contributed by atoms with Gasteiger partial charge in [-0.3, -0.25) is 4.98 Å². The van der Waals surface area contributed by atoms with Crippen LogP contribution in [0.2, 0.25) is 0 Å². The van der Waals surface area contributed by atoms with Gasteiger partial charge in [-0.1, -0.05) is 6.92 Å². The zero-order valence-electron chi connectivity index (χ0n) is 8.09. The first-order valence-corrected chi connectivity index (χ1v) is 4.78. The van der Waals surface area contributed by atoms with Crippen LogP contribution >= 0.6 is 0 Å². The molecular weight excluding hydrogens is 162 g/mol. The van der Waals surface area contributed by atoms with Crippen LogP contribution in [-0.2, 0) is 0 Å². The molecule has 1 heterocycles. The fourth-order valence-corrected chi connectivity index (χ4v) is 1.09. The molecule has 0 fully saturated rings. The Morgan fingerprint density at radius 2 is 2.00 bits per heavy atom. The molecule has 3 heteroatoms. The van der Waals surface area contributed by atoms with Crippen LogP contribution in [0, 0.1) is 0 Å². The van der Waals surface area contributed by atoms with E-state index in [1.54, 1.807) is 12.4 Å². The average Bonchev–Trinajstić information content (AvgIpc) is 2.19. The molecule has 0 aliphatic rings. The highest BCUT2D eigenvalue weighted by atomic mass is 14.9. The van der Waals surface area contributed by atoms with Gasteiger partial charge in [0, 0.05) is 24.6 Å². The Kier molecular flexibility index (Phi) is 4.94. The van der Waals surface area contributed by atoms with Gasteiger partial charge in [-0.25, -0.2) is 0 Å². The molecular formula is C10H17N3. The third-order valence-corrected chi connectivity index (χ3v) is 1.79. The number of nitrogens with one attached hydrogen (secondary N) is 2. The summed E-state index contributed by atoms with van der Waals surface area (Å²) in [5.74, 6) is 0. The highest BCUT2D eigenvalue weighted by Gasteiger charge is 1.88. The Labute approximate surface area is 79.6 Å². The number of nitrogens with zero attached hydrogens (tertiary/aromatic N) is 1. The molecule has 1 rings (SSSR count). The Bertz CT molecular complexity index is 211. The van der Waals surface area contributed by atoms with Gasteiger partial charge in [0.1, 0.15) is 0 Å². The van der Waals surface area contributed by atoms with Crippen molar-refractivity contribution in [2.45, 2.75) is 13.3 Å². The zero-order valence-corrected chi connectivity index (χ0v) is 8.09. The maximum Gasteiger partial charge on any atom is 0.0371 e. The SMILES string of the molecule is CCNCCCNc1ccncc1. The van der Waals surface area contributed by atoms with Crippen LogP contribution in [-0.4, -0.2) is 24.6 Å². The van der Waals surface area contributed by atoms with E-state index < -0.39 is 0 Å². The molecule has 0 amide bonds. The molecule has 13 heavy (non-hydrogen) atoms. The Balaban J connectivity index is 2.07. The lowest BCUT2D eigenvalue weighted by Gasteiger charge is -2.05. The molecule has 2 N–H and O–H groups in total. The van der Waals surface area contributed by atoms with Crippen molar-refractivity contribution in [3.63, 3.8) is 0 Å². The number of rotatable bonds is 6. The summed E-state index contributed by atoms with van der Waals surface area (Å²) in [7, 11) is 0. The minimum atomic E-state index is 1.01. The lowest BCUT2D eigenvalue weighted by Crippen LogP contribution is -2.17. The van der Waals surface area contributed by atoms with E-state index in [1.807, 2.05) is 12.1 Å². The van der Waals surface area contributed by atoms with E-state index in [0.717, 1.165) is 31.7 Å². The fourth-order valence-electron chi connectivity index (χ4n) is 1.09. The van der Waals surface area contributed by atoms with E-state index in [0.29, 0.717) is 0 Å². The summed E-state index contributed by atoms with van der Waals surface area (Å²) in [4.78, 5) is 3.95. The van der Waals surface area contributed by atoms with Crippen molar-refractivity contribution in [1.82, 2.24) is 10.3 Å². The van der Waals surface area contributed by atoms with Crippen molar-refractivity contribution in [2.24, 2.45) is 0 Å². The lowest BCUT2D eigenvalue weighted by atomic mass is 10.3. The monoisotopic (exact) mass is 179 g/mol. The van der Waals surface area contributed by atoms with Crippen LogP contribution in [0.15, 0.2) is 24.5 Å². The molecule has 72 valence electrons. The summed E-state index contributed by atoms with van der Waals surface area (Å²) in [6, 6.07) is 3.96. The Morgan fingerprint density at radius 3 is 2.69 bits per heavy atom. The van der Waals surface area contributed by atoms with Crippen LogP contribution in [0.4, 0.5) is 5.69 Å². The van der Waals surface area contributed by atoms with Gasteiger partial charge >= 0.3 is 0 Å². The average molecular weight is 179 g/mol. The molecule has 1 aromatic rings. The molecule has 0 radical (unpaired) electrons. The smallest absolute Gasteiger partial charge is 0.0371 e. The molecule has 0 aromatic carbocycles. The van der Waals surface area contributed by atoms with Crippen LogP contribution in [0.25, 0.3) is 0 Å². The maximum absolute atomic E-state index is 3.95. The van der Waals surface area contributed by atoms with E-state index in [1.165, 1.54) is 0 Å². The summed E-state index contributed by atoms with van der Waals surface area (Å²) < 4.78 is 0. The highest BCUT2D eigenvalue weighted by molar-refractivity contribution is 5.40. The van der Waals surface area contributed by atoms with Crippen LogP contribution in [0.1, 0.15) is 13.3 Å². The number of hydrogen-bond donors (Lipinski definition) is 2. The summed E-state index contributed by atoms with van der Waals surface area (Å²) >= 11 is 0. The van der Waals surface area contributed by atoms with Gasteiger partial charge in [-0.15, -0.1) is 0 Å². The molecule has 0 aliphatic heterocycles. The van der Waals surface area contributed by atoms with E-state index >= 15 is 0 Å². The number of anilines is 1. The van der Waals surface area contributed by atoms with Crippen molar-refractivity contribution in [2.75, 3.05) is 25.0 Å². The van der Waals surface area contributed by atoms with E-state index in [4.69, 9.17) is 0 Å². The van der Waals surface area contributed by atoms with Crippen molar-refractivity contribution >= 4 is 5.69 Å². The maximum atomic E-state index is 3.95. The third kappa shape index (κ3) is 4.48. The van der Waals surface area contributed by atoms with Gasteiger partial charge in [0.25, 0.3) is 0 Å². The zero-order chi connectivity index (χ0) is 9.36. The van der Waals surface area contributed by atoms with Crippen molar-refractivity contribution in [3.8, 4) is 0 Å². The lowest BCUT2D eigenvalue weighted by molar-refractivity contribution is 0.688. The van der Waals surface area contributed by atoms with E-state index in [-0.39, 0.29) is 0 Å². The number of aromatic nitrogens is 1. The standard InChI is InChI=1S/C10H17N3/c1-2-11-6-3-7-13-10-4-8-12-9-5-10/h4-5,8-9,11H,2-3,6-7H2,1H3,(H,12,13). The topological polar surface area (TPSA) is 37.0 Å². The first-order chi connectivity index (χ1) is 6.43. The minimum absolute atomic E-state index is 1.01. The largest absolute Gasteiger partial charge is 0.385 e. The minimum Gasteiger partial charge on any atom is -0.385 e. The molecule has 0 saturated carbocycles. The summed E-state index contributed by atoms with van der Waals surface area (Å²) in [6.45, 7) is 5.26. The predicted octanol–water partition coefficient (Wildman–Crippen LogP) is 1.49. The molecule has 1 aromatic heterocycles. The second-order valence-corrected chi connectivity index (χ2v) is 2.87. The van der Waals surface area contributed by atoms with Crippen molar-refractivity contribution < 1.29 is 0 Å². The Hall–Kier alpha value is -1.09. The molecule has 0 saturated heterocycles. The summed E-state index contributed by atoms with van der Waals surface area (Å²) in [5, 5.41) is 6.61. The number of pyridine rings is 1. The molecule has 0 unspecified atom stereocenters. The normalized spacial score (nSPS) is 9.92. The molecule has 0 aliphatic carbocycles. The van der Waals surface area contributed by atoms with Gasteiger partial charge in [0.2, 0.25) is 0 Å². The second-order valence-electron chi connectivity index (χ2n) is 2.87. The van der Waals surface area contributed by atoms with E-state index in [2.05, 4.69) is 22.5 Å². The van der Waals surface area contributed by atoms with Gasteiger partial charge in [0.05, 0.1) is 0 Å². The van der Waals surface area contributed by atoms with Gasteiger partial charge in [-0.2, -0.15) is 0 Å². The first kappa shape index (κ1) is 9.99. The van der Waals surface area contributed by atoms with Crippen molar-refractivity contribution in [3.05, 3.63) is 24.5 Å². The molecule has 3 nitrogen and oxygen atoms in total. The van der Waals surface area contributed by atoms with E-state index in [9.17, 15) is 0 Å². The van der Waals surface area contributed by atoms with Gasteiger partial charge in [0.15, 0.2) is 0 Å². The summed E-state index contributed by atoms with van der Waals surface area (Å²) in [6.07, 6.45) is 4.75. The fraction of sp³-hybridized carbons (Fsp3) is 0.500.